The lowest BCUT2D eigenvalue weighted by molar-refractivity contribution is 0.0139. The first kappa shape index (κ1) is 16.3. The molecule has 0 bridgehead atoms. The summed E-state index contributed by atoms with van der Waals surface area (Å²) >= 11 is 0. The highest BCUT2D eigenvalue weighted by molar-refractivity contribution is 5.92. The van der Waals surface area contributed by atoms with Gasteiger partial charge in [-0.05, 0) is 12.8 Å². The van der Waals surface area contributed by atoms with Crippen LogP contribution in [0.4, 0.5) is 0 Å². The minimum absolute atomic E-state index is 0.0294. The van der Waals surface area contributed by atoms with E-state index in [9.17, 15) is 4.79 Å². The Morgan fingerprint density at radius 1 is 1.17 bits per heavy atom. The van der Waals surface area contributed by atoms with Crippen LogP contribution in [0.2, 0.25) is 0 Å². The molecular formula is C16H24N4O3. The molecule has 0 atom stereocenters. The fraction of sp³-hybridized carbons (Fsp3) is 0.688. The van der Waals surface area contributed by atoms with Crippen LogP contribution < -0.4 is 0 Å². The monoisotopic (exact) mass is 320 g/mol. The fourth-order valence-electron chi connectivity index (χ4n) is 3.08. The molecule has 1 aromatic rings. The minimum atomic E-state index is -0.0294. The molecule has 0 radical (unpaired) electrons. The summed E-state index contributed by atoms with van der Waals surface area (Å²) in [5, 5.41) is 0. The molecule has 0 spiro atoms. The molecule has 1 aromatic heterocycles. The van der Waals surface area contributed by atoms with Gasteiger partial charge in [-0.25, -0.2) is 4.98 Å². The smallest absolute Gasteiger partial charge is 0.274 e. The van der Waals surface area contributed by atoms with Crippen molar-refractivity contribution in [2.24, 2.45) is 0 Å². The maximum absolute atomic E-state index is 12.9. The molecule has 126 valence electrons. The Morgan fingerprint density at radius 2 is 1.91 bits per heavy atom. The van der Waals surface area contributed by atoms with Gasteiger partial charge in [-0.15, -0.1) is 0 Å². The van der Waals surface area contributed by atoms with E-state index in [2.05, 4.69) is 14.9 Å². The van der Waals surface area contributed by atoms with Crippen LogP contribution in [0.5, 0.6) is 0 Å². The third-order valence-electron chi connectivity index (χ3n) is 4.44. The second kappa shape index (κ2) is 8.33. The largest absolute Gasteiger partial charge is 0.381 e. The Hall–Kier alpha value is -1.57. The number of carbonyl (C=O) groups excluding carboxylic acids is 1. The molecule has 2 fully saturated rings. The van der Waals surface area contributed by atoms with Crippen molar-refractivity contribution in [1.29, 1.82) is 0 Å². The number of nitrogens with zero attached hydrogens (tertiary/aromatic N) is 4. The number of hydrogen-bond donors (Lipinski definition) is 0. The lowest BCUT2D eigenvalue weighted by atomic mass is 10.1. The highest BCUT2D eigenvalue weighted by Crippen LogP contribution is 2.17. The second-order valence-corrected chi connectivity index (χ2v) is 5.89. The van der Waals surface area contributed by atoms with E-state index in [4.69, 9.17) is 9.47 Å². The number of hydrogen-bond acceptors (Lipinski definition) is 6. The summed E-state index contributed by atoms with van der Waals surface area (Å²) in [6, 6.07) is 0.222. The van der Waals surface area contributed by atoms with Crippen LogP contribution in [0.3, 0.4) is 0 Å². The highest BCUT2D eigenvalue weighted by Gasteiger charge is 2.28. The second-order valence-electron chi connectivity index (χ2n) is 5.89. The van der Waals surface area contributed by atoms with Crippen LogP contribution in [0, 0.1) is 0 Å². The van der Waals surface area contributed by atoms with E-state index in [1.54, 1.807) is 18.6 Å². The summed E-state index contributed by atoms with van der Waals surface area (Å²) in [7, 11) is 0. The Kier molecular flexibility index (Phi) is 5.90. The van der Waals surface area contributed by atoms with E-state index in [-0.39, 0.29) is 11.9 Å². The average molecular weight is 320 g/mol. The first-order chi connectivity index (χ1) is 11.3. The summed E-state index contributed by atoms with van der Waals surface area (Å²) in [5.74, 6) is -0.0294. The van der Waals surface area contributed by atoms with Gasteiger partial charge >= 0.3 is 0 Å². The molecule has 2 saturated heterocycles. The lowest BCUT2D eigenvalue weighted by Gasteiger charge is -2.36. The van der Waals surface area contributed by atoms with Crippen molar-refractivity contribution in [1.82, 2.24) is 19.8 Å². The zero-order chi connectivity index (χ0) is 15.9. The van der Waals surface area contributed by atoms with Crippen molar-refractivity contribution in [3.05, 3.63) is 24.3 Å². The standard InChI is InChI=1S/C16H24N4O3/c21-16(15-13-17-3-4-18-15)20(14-1-9-22-10-2-14)6-5-19-7-11-23-12-8-19/h3-4,13-14H,1-2,5-12H2. The molecule has 3 rings (SSSR count). The summed E-state index contributed by atoms with van der Waals surface area (Å²) < 4.78 is 10.8. The van der Waals surface area contributed by atoms with E-state index in [0.29, 0.717) is 25.5 Å². The van der Waals surface area contributed by atoms with Crippen LogP contribution in [-0.4, -0.2) is 84.3 Å². The van der Waals surface area contributed by atoms with E-state index in [1.165, 1.54) is 0 Å². The molecule has 7 nitrogen and oxygen atoms in total. The molecule has 0 N–H and O–H groups in total. The van der Waals surface area contributed by atoms with Crippen molar-refractivity contribution in [3.8, 4) is 0 Å². The molecule has 0 aromatic carbocycles. The molecule has 23 heavy (non-hydrogen) atoms. The normalized spacial score (nSPS) is 20.3. The third-order valence-corrected chi connectivity index (χ3v) is 4.44. The zero-order valence-electron chi connectivity index (χ0n) is 13.4. The molecule has 2 aliphatic rings. The van der Waals surface area contributed by atoms with Gasteiger partial charge in [-0.1, -0.05) is 0 Å². The van der Waals surface area contributed by atoms with E-state index in [1.807, 2.05) is 4.90 Å². The molecule has 0 saturated carbocycles. The highest BCUT2D eigenvalue weighted by atomic mass is 16.5. The van der Waals surface area contributed by atoms with Gasteiger partial charge < -0.3 is 14.4 Å². The van der Waals surface area contributed by atoms with Crippen LogP contribution >= 0.6 is 0 Å². The third kappa shape index (κ3) is 4.46. The number of carbonyl (C=O) groups is 1. The predicted molar refractivity (Wildman–Crippen MR) is 84.2 cm³/mol. The lowest BCUT2D eigenvalue weighted by Crippen LogP contribution is -2.48. The fourth-order valence-corrected chi connectivity index (χ4v) is 3.08. The molecule has 0 aliphatic carbocycles. The van der Waals surface area contributed by atoms with Crippen LogP contribution in [0.25, 0.3) is 0 Å². The summed E-state index contributed by atoms with van der Waals surface area (Å²) in [6.45, 7) is 6.42. The summed E-state index contributed by atoms with van der Waals surface area (Å²) in [5.41, 5.74) is 0.418. The molecule has 0 unspecified atom stereocenters. The van der Waals surface area contributed by atoms with E-state index >= 15 is 0 Å². The Bertz CT molecular complexity index is 487. The number of morpholine rings is 1. The van der Waals surface area contributed by atoms with Crippen LogP contribution in [0.1, 0.15) is 23.3 Å². The summed E-state index contributed by atoms with van der Waals surface area (Å²) in [6.07, 6.45) is 6.47. The molecule has 7 heteroatoms. The molecule has 2 aliphatic heterocycles. The number of amides is 1. The van der Waals surface area contributed by atoms with Gasteiger partial charge in [0, 0.05) is 57.8 Å². The van der Waals surface area contributed by atoms with Gasteiger partial charge in [0.25, 0.3) is 5.91 Å². The Balaban J connectivity index is 1.66. The maximum atomic E-state index is 12.9. The first-order valence-corrected chi connectivity index (χ1v) is 8.29. The van der Waals surface area contributed by atoms with Gasteiger partial charge in [0.05, 0.1) is 19.4 Å². The van der Waals surface area contributed by atoms with Crippen molar-refractivity contribution >= 4 is 5.91 Å². The van der Waals surface area contributed by atoms with Gasteiger partial charge in [0.1, 0.15) is 5.69 Å². The van der Waals surface area contributed by atoms with Crippen molar-refractivity contribution < 1.29 is 14.3 Å². The summed E-state index contributed by atoms with van der Waals surface area (Å²) in [4.78, 5) is 25.4. The van der Waals surface area contributed by atoms with Crippen LogP contribution in [-0.2, 0) is 9.47 Å². The SMILES string of the molecule is O=C(c1cnccn1)N(CCN1CCOCC1)C1CCOCC1. The average Bonchev–Trinajstić information content (AvgIpc) is 2.64. The van der Waals surface area contributed by atoms with Crippen LogP contribution in [0.15, 0.2) is 18.6 Å². The molecule has 3 heterocycles. The predicted octanol–water partition coefficient (Wildman–Crippen LogP) is 0.430. The quantitative estimate of drug-likeness (QED) is 0.784. The molecule has 1 amide bonds. The van der Waals surface area contributed by atoms with E-state index in [0.717, 1.165) is 45.7 Å². The van der Waals surface area contributed by atoms with Crippen molar-refractivity contribution in [2.45, 2.75) is 18.9 Å². The van der Waals surface area contributed by atoms with Gasteiger partial charge in [0.2, 0.25) is 0 Å². The number of aromatic nitrogens is 2. The van der Waals surface area contributed by atoms with E-state index < -0.39 is 0 Å². The minimum Gasteiger partial charge on any atom is -0.381 e. The zero-order valence-corrected chi connectivity index (χ0v) is 13.4. The number of ether oxygens (including phenoxy) is 2. The number of rotatable bonds is 5. The Labute approximate surface area is 136 Å². The van der Waals surface area contributed by atoms with Crippen molar-refractivity contribution in [2.75, 3.05) is 52.6 Å². The van der Waals surface area contributed by atoms with Gasteiger partial charge in [-0.2, -0.15) is 0 Å². The first-order valence-electron chi connectivity index (χ1n) is 8.29. The molecular weight excluding hydrogens is 296 g/mol. The van der Waals surface area contributed by atoms with Gasteiger partial charge in [-0.3, -0.25) is 14.7 Å². The maximum Gasteiger partial charge on any atom is 0.274 e. The Morgan fingerprint density at radius 3 is 2.61 bits per heavy atom. The topological polar surface area (TPSA) is 67.8 Å². The van der Waals surface area contributed by atoms with Crippen molar-refractivity contribution in [3.63, 3.8) is 0 Å². The van der Waals surface area contributed by atoms with Gasteiger partial charge in [0.15, 0.2) is 0 Å².